The first-order chi connectivity index (χ1) is 8.56. The predicted molar refractivity (Wildman–Crippen MR) is 74.9 cm³/mol. The van der Waals surface area contributed by atoms with E-state index in [1.54, 1.807) is 6.07 Å². The summed E-state index contributed by atoms with van der Waals surface area (Å²) in [5.74, 6) is -0.246. The Hall–Kier alpha value is -1.05. The first-order valence-corrected chi connectivity index (χ1v) is 6.52. The van der Waals surface area contributed by atoms with Gasteiger partial charge in [-0.1, -0.05) is 35.9 Å². The third kappa shape index (κ3) is 3.24. The van der Waals surface area contributed by atoms with Crippen molar-refractivity contribution in [2.45, 2.75) is 18.7 Å². The van der Waals surface area contributed by atoms with Gasteiger partial charge >= 0.3 is 0 Å². The number of hydrogen-bond acceptors (Lipinski definition) is 0. The Morgan fingerprint density at radius 1 is 1.11 bits per heavy atom. The predicted octanol–water partition coefficient (Wildman–Crippen LogP) is 5.31. The van der Waals surface area contributed by atoms with E-state index in [1.165, 1.54) is 6.07 Å². The van der Waals surface area contributed by atoms with E-state index in [0.717, 1.165) is 11.1 Å². The highest BCUT2D eigenvalue weighted by Gasteiger charge is 2.13. The molecule has 0 radical (unpaired) electrons. The lowest BCUT2D eigenvalue weighted by Crippen LogP contribution is -1.99. The Morgan fingerprint density at radius 2 is 1.78 bits per heavy atom. The minimum absolute atomic E-state index is 0.246. The fourth-order valence-corrected chi connectivity index (χ4v) is 2.30. The van der Waals surface area contributed by atoms with Crippen LogP contribution in [0.3, 0.4) is 0 Å². The van der Waals surface area contributed by atoms with E-state index in [2.05, 4.69) is 0 Å². The zero-order valence-electron chi connectivity index (χ0n) is 9.96. The van der Waals surface area contributed by atoms with E-state index in [9.17, 15) is 4.39 Å². The van der Waals surface area contributed by atoms with Crippen LogP contribution in [0.15, 0.2) is 42.5 Å². The summed E-state index contributed by atoms with van der Waals surface area (Å²) < 4.78 is 13.8. The highest BCUT2D eigenvalue weighted by atomic mass is 35.5. The summed E-state index contributed by atoms with van der Waals surface area (Å²) in [6.45, 7) is 1.86. The SMILES string of the molecule is Cc1ccc(C(Cl)Cc2ccc(Cl)cc2)c(F)c1. The molecule has 1 atom stereocenters. The smallest absolute Gasteiger partial charge is 0.128 e. The molecule has 0 N–H and O–H groups in total. The van der Waals surface area contributed by atoms with E-state index < -0.39 is 0 Å². The quantitative estimate of drug-likeness (QED) is 0.669. The normalized spacial score (nSPS) is 12.4. The van der Waals surface area contributed by atoms with Crippen LogP contribution in [0.2, 0.25) is 5.02 Å². The number of hydrogen-bond donors (Lipinski definition) is 0. The van der Waals surface area contributed by atoms with Crippen molar-refractivity contribution in [3.8, 4) is 0 Å². The van der Waals surface area contributed by atoms with Crippen molar-refractivity contribution >= 4 is 23.2 Å². The van der Waals surface area contributed by atoms with Gasteiger partial charge in [-0.2, -0.15) is 0 Å². The standard InChI is InChI=1S/C15H13Cl2F/c1-10-2-7-13(15(18)8-10)14(17)9-11-3-5-12(16)6-4-11/h2-8,14H,9H2,1H3. The summed E-state index contributed by atoms with van der Waals surface area (Å²) in [6.07, 6.45) is 0.582. The van der Waals surface area contributed by atoms with Crippen molar-refractivity contribution in [1.29, 1.82) is 0 Å². The zero-order valence-corrected chi connectivity index (χ0v) is 11.5. The van der Waals surface area contributed by atoms with E-state index in [0.29, 0.717) is 17.0 Å². The van der Waals surface area contributed by atoms with Gasteiger partial charge in [0.25, 0.3) is 0 Å². The first-order valence-electron chi connectivity index (χ1n) is 5.71. The van der Waals surface area contributed by atoms with E-state index >= 15 is 0 Å². The van der Waals surface area contributed by atoms with Gasteiger partial charge in [0.05, 0.1) is 5.38 Å². The molecule has 1 unspecified atom stereocenters. The number of halogens is 3. The Balaban J connectivity index is 2.16. The van der Waals surface area contributed by atoms with Gasteiger partial charge in [0.2, 0.25) is 0 Å². The number of rotatable bonds is 3. The summed E-state index contributed by atoms with van der Waals surface area (Å²) in [7, 11) is 0. The van der Waals surface area contributed by atoms with Crippen LogP contribution in [0.5, 0.6) is 0 Å². The first kappa shape index (κ1) is 13.4. The second-order valence-corrected chi connectivity index (χ2v) is 5.29. The molecule has 2 aromatic rings. The average Bonchev–Trinajstić information content (AvgIpc) is 2.32. The molecule has 0 aromatic heterocycles. The maximum atomic E-state index is 13.8. The lowest BCUT2D eigenvalue weighted by atomic mass is 10.0. The molecule has 18 heavy (non-hydrogen) atoms. The molecule has 0 fully saturated rings. The molecule has 94 valence electrons. The number of alkyl halides is 1. The van der Waals surface area contributed by atoms with Crippen molar-refractivity contribution in [1.82, 2.24) is 0 Å². The van der Waals surface area contributed by atoms with Gasteiger partial charge in [0, 0.05) is 10.6 Å². The van der Waals surface area contributed by atoms with Gasteiger partial charge in [-0.15, -0.1) is 11.6 Å². The molecule has 0 aliphatic rings. The molecule has 0 bridgehead atoms. The van der Waals surface area contributed by atoms with E-state index in [-0.39, 0.29) is 11.2 Å². The van der Waals surface area contributed by atoms with E-state index in [4.69, 9.17) is 23.2 Å². The molecule has 2 rings (SSSR count). The second-order valence-electron chi connectivity index (χ2n) is 4.32. The van der Waals surface area contributed by atoms with E-state index in [1.807, 2.05) is 37.3 Å². The van der Waals surface area contributed by atoms with Gasteiger partial charge in [-0.3, -0.25) is 0 Å². The summed E-state index contributed by atoms with van der Waals surface area (Å²) in [4.78, 5) is 0. The molecule has 0 amide bonds. The van der Waals surface area contributed by atoms with Crippen LogP contribution >= 0.6 is 23.2 Å². The third-order valence-corrected chi connectivity index (χ3v) is 3.46. The van der Waals surface area contributed by atoms with Crippen LogP contribution in [0.1, 0.15) is 22.1 Å². The molecule has 3 heteroatoms. The van der Waals surface area contributed by atoms with Crippen molar-refractivity contribution in [3.63, 3.8) is 0 Å². The van der Waals surface area contributed by atoms with Gasteiger partial charge < -0.3 is 0 Å². The minimum Gasteiger partial charge on any atom is -0.207 e. The van der Waals surface area contributed by atoms with Crippen LogP contribution in [0.25, 0.3) is 0 Å². The highest BCUT2D eigenvalue weighted by Crippen LogP contribution is 2.28. The van der Waals surface area contributed by atoms with Crippen molar-refractivity contribution < 1.29 is 4.39 Å². The maximum absolute atomic E-state index is 13.8. The molecule has 0 saturated carbocycles. The number of benzene rings is 2. The topological polar surface area (TPSA) is 0 Å². The van der Waals surface area contributed by atoms with Crippen LogP contribution in [0.4, 0.5) is 4.39 Å². The Kier molecular flexibility index (Phi) is 4.26. The van der Waals surface area contributed by atoms with Crippen LogP contribution in [-0.2, 0) is 6.42 Å². The van der Waals surface area contributed by atoms with Gasteiger partial charge in [0.1, 0.15) is 5.82 Å². The minimum atomic E-state index is -0.369. The second kappa shape index (κ2) is 5.73. The van der Waals surface area contributed by atoms with Crippen molar-refractivity contribution in [2.24, 2.45) is 0 Å². The molecule has 0 aliphatic heterocycles. The van der Waals surface area contributed by atoms with Crippen LogP contribution in [-0.4, -0.2) is 0 Å². The molecule has 0 aliphatic carbocycles. The summed E-state index contributed by atoms with van der Waals surface area (Å²) in [5, 5.41) is 0.318. The fourth-order valence-electron chi connectivity index (χ4n) is 1.82. The molecule has 0 saturated heterocycles. The monoisotopic (exact) mass is 282 g/mol. The zero-order chi connectivity index (χ0) is 13.1. The third-order valence-electron chi connectivity index (χ3n) is 2.82. The maximum Gasteiger partial charge on any atom is 0.128 e. The van der Waals surface area contributed by atoms with Gasteiger partial charge in [-0.25, -0.2) is 4.39 Å². The molecule has 0 spiro atoms. The summed E-state index contributed by atoms with van der Waals surface area (Å²) in [5.41, 5.74) is 2.48. The molecular weight excluding hydrogens is 270 g/mol. The summed E-state index contributed by atoms with van der Waals surface area (Å²) >= 11 is 12.1. The molecule has 0 nitrogen and oxygen atoms in total. The Morgan fingerprint density at radius 3 is 2.39 bits per heavy atom. The molecular formula is C15H13Cl2F. The van der Waals surface area contributed by atoms with Crippen LogP contribution in [0, 0.1) is 12.7 Å². The van der Waals surface area contributed by atoms with Crippen LogP contribution < -0.4 is 0 Å². The van der Waals surface area contributed by atoms with Gasteiger partial charge in [0.15, 0.2) is 0 Å². The summed E-state index contributed by atoms with van der Waals surface area (Å²) in [6, 6.07) is 12.6. The lowest BCUT2D eigenvalue weighted by Gasteiger charge is -2.11. The van der Waals surface area contributed by atoms with Crippen molar-refractivity contribution in [3.05, 3.63) is 70.0 Å². The van der Waals surface area contributed by atoms with Crippen molar-refractivity contribution in [2.75, 3.05) is 0 Å². The fraction of sp³-hybridized carbons (Fsp3) is 0.200. The Labute approximate surface area is 116 Å². The molecule has 0 heterocycles. The average molecular weight is 283 g/mol. The Bertz CT molecular complexity index is 535. The number of aryl methyl sites for hydroxylation is 1. The van der Waals surface area contributed by atoms with Gasteiger partial charge in [-0.05, 0) is 42.7 Å². The lowest BCUT2D eigenvalue weighted by molar-refractivity contribution is 0.604. The highest BCUT2D eigenvalue weighted by molar-refractivity contribution is 6.30. The molecule has 2 aromatic carbocycles. The largest absolute Gasteiger partial charge is 0.207 e.